The molecule has 0 spiro atoms. The van der Waals surface area contributed by atoms with E-state index in [2.05, 4.69) is 10.5 Å². The Morgan fingerprint density at radius 1 is 2.00 bits per heavy atom. The Kier molecular flexibility index (Phi) is 1.27. The first-order chi connectivity index (χ1) is 3.30. The fourth-order valence-corrected chi connectivity index (χ4v) is 0.596. The molecule has 1 amide bonds. The monoisotopic (exact) mass is 210 g/mol. The Hall–Kier alpha value is -0.130. The first kappa shape index (κ1) is 5.02. The van der Waals surface area contributed by atoms with Gasteiger partial charge in [-0.1, -0.05) is 22.6 Å². The van der Waals surface area contributed by atoms with Gasteiger partial charge in [0.25, 0.3) is 5.91 Å². The van der Waals surface area contributed by atoms with E-state index in [9.17, 15) is 4.79 Å². The third-order valence-corrected chi connectivity index (χ3v) is 1.52. The molecule has 38 valence electrons. The molecule has 7 heavy (non-hydrogen) atoms. The van der Waals surface area contributed by atoms with Crippen molar-refractivity contribution in [3.05, 3.63) is 0 Å². The van der Waals surface area contributed by atoms with Crippen LogP contribution < -0.4 is 5.43 Å². The van der Waals surface area contributed by atoms with Crippen LogP contribution in [0.5, 0.6) is 0 Å². The lowest BCUT2D eigenvalue weighted by Gasteiger charge is -1.86. The molecular weight excluding hydrogens is 207 g/mol. The summed E-state index contributed by atoms with van der Waals surface area (Å²) >= 11 is 2.00. The average Bonchev–Trinajstić information content (AvgIpc) is 1.91. The summed E-state index contributed by atoms with van der Waals surface area (Å²) in [5.74, 6) is -0.0272. The molecule has 1 atom stereocenters. The summed E-state index contributed by atoms with van der Waals surface area (Å²) in [6.45, 7) is 0. The van der Waals surface area contributed by atoms with Crippen LogP contribution in [-0.2, 0) is 4.79 Å². The molecule has 4 heteroatoms. The van der Waals surface area contributed by atoms with Crippen LogP contribution in [0.2, 0.25) is 0 Å². The first-order valence-electron chi connectivity index (χ1n) is 1.78. The van der Waals surface area contributed by atoms with Gasteiger partial charge in [-0.15, -0.1) is 0 Å². The highest BCUT2D eigenvalue weighted by atomic mass is 127. The van der Waals surface area contributed by atoms with Crippen LogP contribution in [0.4, 0.5) is 0 Å². The standard InChI is InChI=1S/C3H3IN2O/c4-2-1-5-6-3(2)7/h1-2H,(H,6,7). The Balaban J connectivity index is 2.62. The molecule has 0 bridgehead atoms. The molecule has 0 saturated heterocycles. The van der Waals surface area contributed by atoms with Crippen molar-refractivity contribution in [2.24, 2.45) is 5.10 Å². The molecule has 1 rings (SSSR count). The van der Waals surface area contributed by atoms with E-state index in [1.165, 1.54) is 0 Å². The van der Waals surface area contributed by atoms with Gasteiger partial charge >= 0.3 is 0 Å². The highest BCUT2D eigenvalue weighted by molar-refractivity contribution is 14.1. The number of amides is 1. The minimum Gasteiger partial charge on any atom is -0.272 e. The molecule has 1 unspecified atom stereocenters. The normalized spacial score (nSPS) is 28.1. The number of nitrogens with one attached hydrogen (secondary N) is 1. The van der Waals surface area contributed by atoms with Crippen LogP contribution in [0.15, 0.2) is 5.10 Å². The highest BCUT2D eigenvalue weighted by Crippen LogP contribution is 1.99. The second kappa shape index (κ2) is 1.77. The maximum Gasteiger partial charge on any atom is 0.258 e. The Labute approximate surface area is 54.3 Å². The van der Waals surface area contributed by atoms with Crippen molar-refractivity contribution in [2.45, 2.75) is 3.92 Å². The van der Waals surface area contributed by atoms with Crippen molar-refractivity contribution in [2.75, 3.05) is 0 Å². The second-order valence-electron chi connectivity index (χ2n) is 1.16. The summed E-state index contributed by atoms with van der Waals surface area (Å²) in [7, 11) is 0. The lowest BCUT2D eigenvalue weighted by Crippen LogP contribution is -2.18. The van der Waals surface area contributed by atoms with Crippen LogP contribution in [0.25, 0.3) is 0 Å². The molecule has 0 saturated carbocycles. The summed E-state index contributed by atoms with van der Waals surface area (Å²) in [4.78, 5) is 10.3. The van der Waals surface area contributed by atoms with Gasteiger partial charge in [0.2, 0.25) is 0 Å². The third kappa shape index (κ3) is 0.902. The number of hydrazone groups is 1. The predicted octanol–water partition coefficient (Wildman–Crippen LogP) is -0.0944. The molecule has 0 radical (unpaired) electrons. The smallest absolute Gasteiger partial charge is 0.258 e. The van der Waals surface area contributed by atoms with Crippen LogP contribution in [-0.4, -0.2) is 16.0 Å². The van der Waals surface area contributed by atoms with Crippen LogP contribution in [0, 0.1) is 0 Å². The topological polar surface area (TPSA) is 41.5 Å². The van der Waals surface area contributed by atoms with E-state index in [1.807, 2.05) is 22.6 Å². The van der Waals surface area contributed by atoms with Crippen molar-refractivity contribution in [3.8, 4) is 0 Å². The quantitative estimate of drug-likeness (QED) is 0.440. The molecule has 1 aliphatic rings. The minimum atomic E-state index is -0.0578. The summed E-state index contributed by atoms with van der Waals surface area (Å²) < 4.78 is -0.0578. The van der Waals surface area contributed by atoms with E-state index in [0.29, 0.717) is 0 Å². The summed E-state index contributed by atoms with van der Waals surface area (Å²) in [5.41, 5.74) is 2.29. The van der Waals surface area contributed by atoms with E-state index in [4.69, 9.17) is 0 Å². The van der Waals surface area contributed by atoms with Gasteiger partial charge in [-0.25, -0.2) is 5.43 Å². The van der Waals surface area contributed by atoms with Crippen LogP contribution >= 0.6 is 22.6 Å². The number of nitrogens with zero attached hydrogens (tertiary/aromatic N) is 1. The van der Waals surface area contributed by atoms with Gasteiger partial charge in [-0.3, -0.25) is 4.79 Å². The molecule has 1 aliphatic heterocycles. The molecule has 0 aromatic carbocycles. The first-order valence-corrected chi connectivity index (χ1v) is 3.02. The Bertz CT molecular complexity index is 122. The van der Waals surface area contributed by atoms with Gasteiger partial charge in [-0.2, -0.15) is 5.10 Å². The van der Waals surface area contributed by atoms with Crippen molar-refractivity contribution in [1.82, 2.24) is 5.43 Å². The van der Waals surface area contributed by atoms with Gasteiger partial charge in [0.15, 0.2) is 0 Å². The number of halogens is 1. The van der Waals surface area contributed by atoms with E-state index in [-0.39, 0.29) is 9.83 Å². The SMILES string of the molecule is O=C1NN=CC1I. The van der Waals surface area contributed by atoms with Crippen LogP contribution in [0.1, 0.15) is 0 Å². The number of carbonyl (C=O) groups excluding carboxylic acids is 1. The Morgan fingerprint density at radius 3 is 2.86 bits per heavy atom. The zero-order chi connectivity index (χ0) is 5.28. The predicted molar refractivity (Wildman–Crippen MR) is 34.4 cm³/mol. The molecule has 0 aromatic heterocycles. The van der Waals surface area contributed by atoms with E-state index >= 15 is 0 Å². The number of hydrogen-bond donors (Lipinski definition) is 1. The minimum absolute atomic E-state index is 0.0272. The molecule has 3 nitrogen and oxygen atoms in total. The van der Waals surface area contributed by atoms with Crippen molar-refractivity contribution >= 4 is 34.7 Å². The second-order valence-corrected chi connectivity index (χ2v) is 2.50. The lowest BCUT2D eigenvalue weighted by molar-refractivity contribution is -0.118. The van der Waals surface area contributed by atoms with Crippen molar-refractivity contribution in [1.29, 1.82) is 0 Å². The van der Waals surface area contributed by atoms with Gasteiger partial charge in [0.05, 0.1) is 0 Å². The number of hydrogen-bond acceptors (Lipinski definition) is 2. The zero-order valence-electron chi connectivity index (χ0n) is 3.39. The molecule has 0 aromatic rings. The number of carbonyl (C=O) groups is 1. The fraction of sp³-hybridized carbons (Fsp3) is 0.333. The van der Waals surface area contributed by atoms with E-state index in [0.717, 1.165) is 0 Å². The summed E-state index contributed by atoms with van der Waals surface area (Å²) in [6.07, 6.45) is 1.57. The van der Waals surface area contributed by atoms with E-state index < -0.39 is 0 Å². The highest BCUT2D eigenvalue weighted by Gasteiger charge is 2.15. The average molecular weight is 210 g/mol. The van der Waals surface area contributed by atoms with Crippen molar-refractivity contribution < 1.29 is 4.79 Å². The van der Waals surface area contributed by atoms with Gasteiger partial charge in [-0.05, 0) is 0 Å². The van der Waals surface area contributed by atoms with Crippen LogP contribution in [0.3, 0.4) is 0 Å². The van der Waals surface area contributed by atoms with Gasteiger partial charge < -0.3 is 0 Å². The zero-order valence-corrected chi connectivity index (χ0v) is 5.55. The fourth-order valence-electron chi connectivity index (χ4n) is 0.296. The Morgan fingerprint density at radius 2 is 2.71 bits per heavy atom. The summed E-state index contributed by atoms with van der Waals surface area (Å²) in [5, 5.41) is 3.51. The van der Waals surface area contributed by atoms with Gasteiger partial charge in [0.1, 0.15) is 3.92 Å². The number of alkyl halides is 1. The summed E-state index contributed by atoms with van der Waals surface area (Å²) in [6, 6.07) is 0. The maximum atomic E-state index is 10.3. The maximum absolute atomic E-state index is 10.3. The lowest BCUT2D eigenvalue weighted by atomic mass is 10.5. The van der Waals surface area contributed by atoms with E-state index in [1.54, 1.807) is 6.21 Å². The third-order valence-electron chi connectivity index (χ3n) is 0.631. The molecular formula is C3H3IN2O. The number of rotatable bonds is 0. The van der Waals surface area contributed by atoms with Crippen molar-refractivity contribution in [3.63, 3.8) is 0 Å². The molecule has 1 heterocycles. The largest absolute Gasteiger partial charge is 0.272 e. The molecule has 0 aliphatic carbocycles. The molecule has 1 N–H and O–H groups in total. The molecule has 0 fully saturated rings. The van der Waals surface area contributed by atoms with Gasteiger partial charge in [0, 0.05) is 6.21 Å².